The lowest BCUT2D eigenvalue weighted by atomic mass is 9.78. The third-order valence-corrected chi connectivity index (χ3v) is 7.59. The number of benzene rings is 4. The highest BCUT2D eigenvalue weighted by Gasteiger charge is 2.44. The van der Waals surface area contributed by atoms with Gasteiger partial charge in [0.05, 0.1) is 6.10 Å². The second kappa shape index (κ2) is 9.58. The molecule has 11 heteroatoms. The van der Waals surface area contributed by atoms with Crippen LogP contribution in [0.25, 0.3) is 0 Å². The normalized spacial score (nSPS) is 23.1. The van der Waals surface area contributed by atoms with Crippen LogP contribution >= 0.6 is 0 Å². The Bertz CT molecular complexity index is 1670. The van der Waals surface area contributed by atoms with E-state index in [1.807, 2.05) is 0 Å². The van der Waals surface area contributed by atoms with Crippen molar-refractivity contribution in [2.24, 2.45) is 0 Å². The Hall–Kier alpha value is -5.00. The highest BCUT2D eigenvalue weighted by atomic mass is 16.5. The van der Waals surface area contributed by atoms with Crippen molar-refractivity contribution in [3.05, 3.63) is 88.5 Å². The molecule has 0 spiro atoms. The van der Waals surface area contributed by atoms with Gasteiger partial charge in [0, 0.05) is 41.2 Å². The van der Waals surface area contributed by atoms with Crippen LogP contribution in [0.4, 0.5) is 0 Å². The van der Waals surface area contributed by atoms with Gasteiger partial charge in [-0.3, -0.25) is 0 Å². The Balaban J connectivity index is 1.53. The van der Waals surface area contributed by atoms with E-state index >= 15 is 0 Å². The van der Waals surface area contributed by atoms with E-state index in [0.717, 1.165) is 6.07 Å². The van der Waals surface area contributed by atoms with E-state index in [9.17, 15) is 46.0 Å². The number of rotatable bonds is 3. The fraction of sp³-hybridized carbons (Fsp3) is 0.200. The van der Waals surface area contributed by atoms with Crippen molar-refractivity contribution < 1.29 is 55.4 Å². The molecule has 6 rings (SSSR count). The van der Waals surface area contributed by atoms with Crippen LogP contribution in [0.3, 0.4) is 0 Å². The maximum atomic E-state index is 11.7. The Kier molecular flexibility index (Phi) is 6.13. The smallest absolute Gasteiger partial charge is 0.157 e. The van der Waals surface area contributed by atoms with Crippen molar-refractivity contribution in [3.8, 4) is 51.7 Å². The standard InChI is InChI=1S/C30H26O11/c31-14-3-4-15-24(9-14)40-29(13-2-6-18(33)21(36)8-13)27(39)25(15)26-22(37)11-19(34)16-10-23(38)28(41-30(16)26)12-1-5-17(32)20(35)7-12/h1-9,11,23,25,27-29,31-39H,10H2/t23-,25+,27+,28+,29-/m0/s1. The second-order valence-corrected chi connectivity index (χ2v) is 10.2. The summed E-state index contributed by atoms with van der Waals surface area (Å²) in [5.74, 6) is -3.45. The van der Waals surface area contributed by atoms with Gasteiger partial charge >= 0.3 is 0 Å². The summed E-state index contributed by atoms with van der Waals surface area (Å²) in [6.45, 7) is 0. The van der Waals surface area contributed by atoms with Crippen LogP contribution in [0.1, 0.15) is 45.9 Å². The van der Waals surface area contributed by atoms with Crippen LogP contribution in [0.2, 0.25) is 0 Å². The SMILES string of the molecule is Oc1ccc2c(c1)O[C@@H](c1ccc(O)c(O)c1)[C@H](O)[C@H]2c1c(O)cc(O)c2c1O[C@H](c1ccc(O)c(O)c1)[C@@H](O)C2. The number of phenolic OH excluding ortho intramolecular Hbond substituents is 7. The molecule has 0 saturated carbocycles. The maximum absolute atomic E-state index is 11.7. The van der Waals surface area contributed by atoms with E-state index in [-0.39, 0.29) is 57.6 Å². The van der Waals surface area contributed by atoms with Crippen molar-refractivity contribution in [3.63, 3.8) is 0 Å². The molecule has 0 saturated heterocycles. The molecule has 9 N–H and O–H groups in total. The van der Waals surface area contributed by atoms with Gasteiger partial charge in [-0.1, -0.05) is 18.2 Å². The average molecular weight is 563 g/mol. The molecule has 5 atom stereocenters. The zero-order valence-electron chi connectivity index (χ0n) is 21.2. The molecule has 0 fully saturated rings. The Labute approximate surface area is 232 Å². The molecule has 0 unspecified atom stereocenters. The molecule has 0 bridgehead atoms. The predicted molar refractivity (Wildman–Crippen MR) is 142 cm³/mol. The summed E-state index contributed by atoms with van der Waals surface area (Å²) in [4.78, 5) is 0. The van der Waals surface area contributed by atoms with Gasteiger partial charge in [-0.25, -0.2) is 0 Å². The number of aromatic hydroxyl groups is 7. The highest BCUT2D eigenvalue weighted by Crippen LogP contribution is 2.55. The molecule has 0 radical (unpaired) electrons. The van der Waals surface area contributed by atoms with E-state index in [0.29, 0.717) is 11.1 Å². The van der Waals surface area contributed by atoms with Gasteiger partial charge in [0.1, 0.15) is 41.0 Å². The van der Waals surface area contributed by atoms with Gasteiger partial charge in [0.2, 0.25) is 0 Å². The molecular formula is C30H26O11. The number of aliphatic hydroxyl groups is 2. The predicted octanol–water partition coefficient (Wildman–Crippen LogP) is 3.29. The average Bonchev–Trinajstić information content (AvgIpc) is 2.93. The van der Waals surface area contributed by atoms with Gasteiger partial charge in [-0.15, -0.1) is 0 Å². The van der Waals surface area contributed by atoms with Crippen molar-refractivity contribution in [1.29, 1.82) is 0 Å². The zero-order valence-corrected chi connectivity index (χ0v) is 21.2. The minimum Gasteiger partial charge on any atom is -0.508 e. The van der Waals surface area contributed by atoms with Gasteiger partial charge in [0.15, 0.2) is 29.1 Å². The number of phenols is 7. The number of fused-ring (bicyclic) bond motifs is 2. The van der Waals surface area contributed by atoms with Gasteiger partial charge in [-0.2, -0.15) is 0 Å². The van der Waals surface area contributed by atoms with Crippen LogP contribution in [0, 0.1) is 0 Å². The van der Waals surface area contributed by atoms with E-state index in [2.05, 4.69) is 0 Å². The van der Waals surface area contributed by atoms with Crippen molar-refractivity contribution >= 4 is 0 Å². The third kappa shape index (κ3) is 4.31. The third-order valence-electron chi connectivity index (χ3n) is 7.59. The summed E-state index contributed by atoms with van der Waals surface area (Å²) >= 11 is 0. The van der Waals surface area contributed by atoms with E-state index < -0.39 is 47.6 Å². The Morgan fingerprint density at radius 3 is 1.85 bits per heavy atom. The van der Waals surface area contributed by atoms with E-state index in [1.54, 1.807) is 0 Å². The molecule has 2 aliphatic heterocycles. The lowest BCUT2D eigenvalue weighted by Crippen LogP contribution is -2.36. The first-order valence-electron chi connectivity index (χ1n) is 12.7. The number of aliphatic hydroxyl groups excluding tert-OH is 2. The quantitative estimate of drug-likeness (QED) is 0.166. The van der Waals surface area contributed by atoms with Gasteiger partial charge < -0.3 is 55.4 Å². The van der Waals surface area contributed by atoms with Crippen LogP contribution in [-0.4, -0.2) is 58.2 Å². The molecule has 2 aliphatic rings. The second-order valence-electron chi connectivity index (χ2n) is 10.2. The Morgan fingerprint density at radius 2 is 1.22 bits per heavy atom. The topological polar surface area (TPSA) is 201 Å². The number of ether oxygens (including phenoxy) is 2. The van der Waals surface area contributed by atoms with Gasteiger partial charge in [0.25, 0.3) is 0 Å². The van der Waals surface area contributed by atoms with E-state index in [4.69, 9.17) is 9.47 Å². The first-order chi connectivity index (χ1) is 19.5. The van der Waals surface area contributed by atoms with Crippen LogP contribution in [-0.2, 0) is 6.42 Å². The van der Waals surface area contributed by atoms with Crippen molar-refractivity contribution in [2.75, 3.05) is 0 Å². The minimum absolute atomic E-state index is 0.0114. The summed E-state index contributed by atoms with van der Waals surface area (Å²) < 4.78 is 12.2. The molecule has 212 valence electrons. The maximum Gasteiger partial charge on any atom is 0.157 e. The molecule has 0 amide bonds. The molecule has 2 heterocycles. The van der Waals surface area contributed by atoms with Crippen molar-refractivity contribution in [2.45, 2.75) is 36.8 Å². The fourth-order valence-electron chi connectivity index (χ4n) is 5.61. The highest BCUT2D eigenvalue weighted by molar-refractivity contribution is 5.63. The summed E-state index contributed by atoms with van der Waals surface area (Å²) in [5.41, 5.74) is 1.19. The molecule has 41 heavy (non-hydrogen) atoms. The largest absolute Gasteiger partial charge is 0.508 e. The summed E-state index contributed by atoms with van der Waals surface area (Å²) in [6, 6.07) is 13.1. The molecule has 4 aromatic rings. The molecule has 4 aromatic carbocycles. The molecular weight excluding hydrogens is 536 g/mol. The van der Waals surface area contributed by atoms with Crippen LogP contribution in [0.5, 0.6) is 51.7 Å². The summed E-state index contributed by atoms with van der Waals surface area (Å²) in [6.07, 6.45) is -4.97. The number of hydrogen-bond donors (Lipinski definition) is 9. The molecule has 0 aliphatic carbocycles. The van der Waals surface area contributed by atoms with Crippen LogP contribution < -0.4 is 9.47 Å². The Morgan fingerprint density at radius 1 is 0.585 bits per heavy atom. The first-order valence-corrected chi connectivity index (χ1v) is 12.7. The minimum atomic E-state index is -1.43. The molecule has 0 aromatic heterocycles. The fourth-order valence-corrected chi connectivity index (χ4v) is 5.61. The lowest BCUT2D eigenvalue weighted by Gasteiger charge is -2.40. The van der Waals surface area contributed by atoms with Crippen molar-refractivity contribution in [1.82, 2.24) is 0 Å². The van der Waals surface area contributed by atoms with Crippen LogP contribution in [0.15, 0.2) is 60.7 Å². The lowest BCUT2D eigenvalue weighted by molar-refractivity contribution is 0.00186. The first kappa shape index (κ1) is 26.2. The number of hydrogen-bond acceptors (Lipinski definition) is 11. The summed E-state index contributed by atoms with van der Waals surface area (Å²) in [5, 5.41) is 94.4. The van der Waals surface area contributed by atoms with Gasteiger partial charge in [-0.05, 0) is 41.5 Å². The monoisotopic (exact) mass is 562 g/mol. The van der Waals surface area contributed by atoms with E-state index in [1.165, 1.54) is 54.6 Å². The zero-order chi connectivity index (χ0) is 29.2. The summed E-state index contributed by atoms with van der Waals surface area (Å²) in [7, 11) is 0. The molecule has 11 nitrogen and oxygen atoms in total.